The highest BCUT2D eigenvalue weighted by Crippen LogP contribution is 2.49. The number of aromatic nitrogens is 2. The van der Waals surface area contributed by atoms with Crippen LogP contribution in [0.5, 0.6) is 0 Å². The van der Waals surface area contributed by atoms with E-state index in [0.29, 0.717) is 6.04 Å². The first-order valence-corrected chi connectivity index (χ1v) is 11.4. The van der Waals surface area contributed by atoms with Crippen molar-refractivity contribution in [2.45, 2.75) is 79.2 Å². The number of hydrogen-bond acceptors (Lipinski definition) is 1. The summed E-state index contributed by atoms with van der Waals surface area (Å²) >= 11 is 0. The molecule has 2 atom stereocenters. The van der Waals surface area contributed by atoms with Crippen LogP contribution in [0.15, 0.2) is 42.7 Å². The highest BCUT2D eigenvalue weighted by molar-refractivity contribution is 5.72. The number of benzene rings is 2. The Morgan fingerprint density at radius 2 is 1.57 bits per heavy atom. The van der Waals surface area contributed by atoms with E-state index in [4.69, 9.17) is 4.98 Å². The van der Waals surface area contributed by atoms with Crippen LogP contribution in [0, 0.1) is 27.7 Å². The minimum Gasteiger partial charge on any atom is -0.226 e. The second-order valence-corrected chi connectivity index (χ2v) is 9.38. The molecule has 3 aromatic rings. The highest BCUT2D eigenvalue weighted by Gasteiger charge is 2.46. The van der Waals surface area contributed by atoms with Crippen LogP contribution in [-0.4, -0.2) is 4.98 Å². The number of hydrogen-bond donors (Lipinski definition) is 0. The van der Waals surface area contributed by atoms with E-state index < -0.39 is 0 Å². The molecule has 2 unspecified atom stereocenters. The zero-order valence-corrected chi connectivity index (χ0v) is 19.6. The van der Waals surface area contributed by atoms with Crippen molar-refractivity contribution in [3.63, 3.8) is 0 Å². The van der Waals surface area contributed by atoms with Gasteiger partial charge < -0.3 is 0 Å². The zero-order valence-electron chi connectivity index (χ0n) is 19.6. The van der Waals surface area contributed by atoms with Crippen LogP contribution in [0.2, 0.25) is 0 Å². The first kappa shape index (κ1) is 20.8. The SMILES string of the molecule is CCCC1(CC)c2c(C)cc(C)cc2-c2cc(-c3cc(C)cc(C)c3)nc[n+]2C1C. The average Bonchev–Trinajstić information content (AvgIpc) is 2.70. The minimum absolute atomic E-state index is 0.155. The van der Waals surface area contributed by atoms with Crippen molar-refractivity contribution in [3.8, 4) is 22.5 Å². The summed E-state index contributed by atoms with van der Waals surface area (Å²) in [4.78, 5) is 4.94. The summed E-state index contributed by atoms with van der Waals surface area (Å²) in [5.74, 6) is 0. The normalized spacial score (nSPS) is 20.0. The van der Waals surface area contributed by atoms with Crippen LogP contribution in [0.25, 0.3) is 22.5 Å². The van der Waals surface area contributed by atoms with Crippen molar-refractivity contribution in [2.75, 3.05) is 0 Å². The van der Waals surface area contributed by atoms with E-state index in [-0.39, 0.29) is 5.41 Å². The molecule has 1 aliphatic heterocycles. The lowest BCUT2D eigenvalue weighted by Gasteiger charge is -2.43. The van der Waals surface area contributed by atoms with E-state index in [2.05, 4.69) is 95.8 Å². The van der Waals surface area contributed by atoms with E-state index in [9.17, 15) is 0 Å². The van der Waals surface area contributed by atoms with Crippen molar-refractivity contribution in [1.29, 1.82) is 0 Å². The van der Waals surface area contributed by atoms with Crippen LogP contribution in [0.4, 0.5) is 0 Å². The summed E-state index contributed by atoms with van der Waals surface area (Å²) in [5, 5.41) is 0. The van der Waals surface area contributed by atoms with E-state index in [1.807, 2.05) is 0 Å². The molecule has 2 heterocycles. The van der Waals surface area contributed by atoms with Gasteiger partial charge in [-0.3, -0.25) is 0 Å². The number of fused-ring (bicyclic) bond motifs is 3. The molecule has 0 bridgehead atoms. The van der Waals surface area contributed by atoms with Gasteiger partial charge in [0, 0.05) is 22.6 Å². The summed E-state index contributed by atoms with van der Waals surface area (Å²) in [6, 6.07) is 14.2. The van der Waals surface area contributed by atoms with Gasteiger partial charge in [0.2, 0.25) is 0 Å². The molecule has 0 radical (unpaired) electrons. The Morgan fingerprint density at radius 1 is 0.900 bits per heavy atom. The molecular weight excluding hydrogens is 364 g/mol. The molecule has 0 aliphatic carbocycles. The number of rotatable bonds is 4. The Hall–Kier alpha value is -2.48. The molecule has 2 aromatic carbocycles. The minimum atomic E-state index is 0.155. The summed E-state index contributed by atoms with van der Waals surface area (Å²) in [6.45, 7) is 15.9. The lowest BCUT2D eigenvalue weighted by Crippen LogP contribution is -2.55. The van der Waals surface area contributed by atoms with Gasteiger partial charge in [0.25, 0.3) is 6.33 Å². The van der Waals surface area contributed by atoms with Gasteiger partial charge in [0.05, 0.1) is 0 Å². The van der Waals surface area contributed by atoms with E-state index in [1.54, 1.807) is 5.56 Å². The molecule has 1 aromatic heterocycles. The van der Waals surface area contributed by atoms with Crippen molar-refractivity contribution >= 4 is 0 Å². The van der Waals surface area contributed by atoms with Gasteiger partial charge in [0.15, 0.2) is 5.69 Å². The fourth-order valence-electron chi connectivity index (χ4n) is 5.97. The second-order valence-electron chi connectivity index (χ2n) is 9.38. The van der Waals surface area contributed by atoms with Crippen LogP contribution in [-0.2, 0) is 5.41 Å². The highest BCUT2D eigenvalue weighted by atomic mass is 15.1. The first-order chi connectivity index (χ1) is 14.3. The third-order valence-corrected chi connectivity index (χ3v) is 7.19. The van der Waals surface area contributed by atoms with Crippen LogP contribution in [0.3, 0.4) is 0 Å². The van der Waals surface area contributed by atoms with Crippen LogP contribution < -0.4 is 4.57 Å². The molecule has 2 heteroatoms. The Labute approximate surface area is 182 Å². The predicted octanol–water partition coefficient (Wildman–Crippen LogP) is 6.96. The Kier molecular flexibility index (Phi) is 5.30. The van der Waals surface area contributed by atoms with Gasteiger partial charge in [0.1, 0.15) is 11.7 Å². The molecule has 1 aliphatic rings. The number of aryl methyl sites for hydroxylation is 4. The maximum Gasteiger partial charge on any atom is 0.287 e. The lowest BCUT2D eigenvalue weighted by atomic mass is 9.64. The maximum absolute atomic E-state index is 4.94. The van der Waals surface area contributed by atoms with E-state index in [0.717, 1.165) is 12.1 Å². The summed E-state index contributed by atoms with van der Waals surface area (Å²) < 4.78 is 2.44. The molecule has 4 rings (SSSR count). The van der Waals surface area contributed by atoms with E-state index in [1.165, 1.54) is 51.9 Å². The lowest BCUT2D eigenvalue weighted by molar-refractivity contribution is -0.724. The molecule has 156 valence electrons. The van der Waals surface area contributed by atoms with Crippen molar-refractivity contribution in [2.24, 2.45) is 0 Å². The first-order valence-electron chi connectivity index (χ1n) is 11.4. The van der Waals surface area contributed by atoms with Gasteiger partial charge in [-0.05, 0) is 81.8 Å². The molecule has 30 heavy (non-hydrogen) atoms. The predicted molar refractivity (Wildman–Crippen MR) is 126 cm³/mol. The Morgan fingerprint density at radius 3 is 2.20 bits per heavy atom. The topological polar surface area (TPSA) is 16.8 Å². The average molecular weight is 400 g/mol. The van der Waals surface area contributed by atoms with Crippen molar-refractivity contribution < 1.29 is 4.57 Å². The molecule has 2 nitrogen and oxygen atoms in total. The monoisotopic (exact) mass is 399 g/mol. The zero-order chi connectivity index (χ0) is 21.6. The van der Waals surface area contributed by atoms with Gasteiger partial charge in [-0.2, -0.15) is 0 Å². The summed E-state index contributed by atoms with van der Waals surface area (Å²) in [7, 11) is 0. The second kappa shape index (κ2) is 7.65. The molecular formula is C28H35N2+. The van der Waals surface area contributed by atoms with Crippen LogP contribution >= 0.6 is 0 Å². The fourth-order valence-corrected chi connectivity index (χ4v) is 5.97. The van der Waals surface area contributed by atoms with Gasteiger partial charge in [-0.1, -0.05) is 49.1 Å². The third kappa shape index (κ3) is 3.17. The van der Waals surface area contributed by atoms with Crippen molar-refractivity contribution in [3.05, 3.63) is 70.5 Å². The summed E-state index contributed by atoms with van der Waals surface area (Å²) in [5.41, 5.74) is 12.0. The standard InChI is InChI=1S/C28H35N2/c1-8-10-28(9-2)22(7)30-17-29-25(23-13-18(3)11-19(4)14-23)16-26(30)24-15-20(5)12-21(6)27(24)28/h11-17,22H,8-10H2,1-7H3/q+1. The maximum atomic E-state index is 4.94. The molecule has 0 spiro atoms. The van der Waals surface area contributed by atoms with Gasteiger partial charge in [-0.15, -0.1) is 0 Å². The van der Waals surface area contributed by atoms with E-state index >= 15 is 0 Å². The molecule has 0 amide bonds. The van der Waals surface area contributed by atoms with Crippen molar-refractivity contribution in [1.82, 2.24) is 4.98 Å². The largest absolute Gasteiger partial charge is 0.287 e. The fraction of sp³-hybridized carbons (Fsp3) is 0.429. The Balaban J connectivity index is 2.00. The quantitative estimate of drug-likeness (QED) is 0.433. The molecule has 0 N–H and O–H groups in total. The molecule has 0 saturated heterocycles. The van der Waals surface area contributed by atoms with Crippen LogP contribution in [0.1, 0.15) is 73.9 Å². The number of nitrogens with zero attached hydrogens (tertiary/aromatic N) is 2. The van der Waals surface area contributed by atoms with Gasteiger partial charge in [-0.25, -0.2) is 4.57 Å². The molecule has 0 saturated carbocycles. The smallest absolute Gasteiger partial charge is 0.226 e. The third-order valence-electron chi connectivity index (χ3n) is 7.19. The molecule has 0 fully saturated rings. The Bertz CT molecular complexity index is 1090. The summed E-state index contributed by atoms with van der Waals surface area (Å²) in [6.07, 6.45) is 5.62. The van der Waals surface area contributed by atoms with Gasteiger partial charge >= 0.3 is 0 Å².